The van der Waals surface area contributed by atoms with Gasteiger partial charge in [-0.15, -0.1) is 0 Å². The molecule has 0 unspecified atom stereocenters. The highest BCUT2D eigenvalue weighted by Crippen LogP contribution is 2.30. The average Bonchev–Trinajstić information content (AvgIpc) is 3.06. The number of hydrogen-bond donors (Lipinski definition) is 1. The number of ether oxygens (including phenoxy) is 1. The maximum absolute atomic E-state index is 14.6. The van der Waals surface area contributed by atoms with Gasteiger partial charge in [-0.05, 0) is 79.4 Å². The molecule has 0 saturated heterocycles. The molecule has 0 radical (unpaired) electrons. The summed E-state index contributed by atoms with van der Waals surface area (Å²) in [5.74, 6) is -0.249. The van der Waals surface area contributed by atoms with E-state index in [1.165, 1.54) is 17.0 Å². The Morgan fingerprint density at radius 2 is 1.60 bits per heavy atom. The molecule has 0 fully saturated rings. The van der Waals surface area contributed by atoms with Gasteiger partial charge < -0.3 is 15.0 Å². The standard InChI is InChI=1S/C37H42ClN3O5S/c1-5-6-21-39-37(43)35(24-29-11-8-7-9-12-29)40(25-30-13-10-14-32(23-30)46-4)36(42)26-41(34-20-17-31(38)22-28(34)3)47(44,45)33-18-15-27(2)16-19-33/h7-20,22-23,35H,5-6,21,24-26H2,1-4H3,(H,39,43)/t35-/m0/s1. The summed E-state index contributed by atoms with van der Waals surface area (Å²) >= 11 is 6.25. The fourth-order valence-electron chi connectivity index (χ4n) is 5.28. The molecule has 4 aromatic rings. The van der Waals surface area contributed by atoms with Crippen molar-refractivity contribution >= 4 is 39.1 Å². The van der Waals surface area contributed by atoms with E-state index in [4.69, 9.17) is 16.3 Å². The van der Waals surface area contributed by atoms with Gasteiger partial charge in [-0.2, -0.15) is 0 Å². The number of rotatable bonds is 15. The van der Waals surface area contributed by atoms with Crippen LogP contribution >= 0.6 is 11.6 Å². The first-order valence-electron chi connectivity index (χ1n) is 15.6. The van der Waals surface area contributed by atoms with Crippen LogP contribution in [0.5, 0.6) is 5.75 Å². The average molecular weight is 676 g/mol. The van der Waals surface area contributed by atoms with Crippen LogP contribution in [-0.4, -0.2) is 51.4 Å². The zero-order valence-electron chi connectivity index (χ0n) is 27.3. The summed E-state index contributed by atoms with van der Waals surface area (Å²) in [5, 5.41) is 3.45. The molecule has 2 amide bonds. The smallest absolute Gasteiger partial charge is 0.264 e. The van der Waals surface area contributed by atoms with E-state index in [2.05, 4.69) is 5.32 Å². The monoisotopic (exact) mass is 675 g/mol. The first kappa shape index (κ1) is 35.5. The maximum atomic E-state index is 14.6. The van der Waals surface area contributed by atoms with Crippen molar-refractivity contribution in [3.05, 3.63) is 124 Å². The molecule has 1 atom stereocenters. The zero-order valence-corrected chi connectivity index (χ0v) is 28.9. The number of carbonyl (C=O) groups is 2. The third-order valence-electron chi connectivity index (χ3n) is 7.90. The van der Waals surface area contributed by atoms with Crippen LogP contribution in [0.25, 0.3) is 0 Å². The number of nitrogens with zero attached hydrogens (tertiary/aromatic N) is 2. The van der Waals surface area contributed by atoms with Crippen LogP contribution in [-0.2, 0) is 32.6 Å². The van der Waals surface area contributed by atoms with Crippen LogP contribution in [0.15, 0.2) is 102 Å². The Morgan fingerprint density at radius 1 is 0.894 bits per heavy atom. The Morgan fingerprint density at radius 3 is 2.26 bits per heavy atom. The van der Waals surface area contributed by atoms with E-state index < -0.39 is 28.5 Å². The minimum absolute atomic E-state index is 0.0442. The van der Waals surface area contributed by atoms with Crippen molar-refractivity contribution in [2.45, 2.75) is 57.5 Å². The Labute approximate surface area is 283 Å². The molecule has 0 aliphatic carbocycles. The summed E-state index contributed by atoms with van der Waals surface area (Å²) in [5.41, 5.74) is 3.39. The number of aryl methyl sites for hydroxylation is 2. The van der Waals surface area contributed by atoms with Crippen LogP contribution in [0.3, 0.4) is 0 Å². The van der Waals surface area contributed by atoms with E-state index in [1.54, 1.807) is 56.5 Å². The molecule has 0 aliphatic heterocycles. The Bertz CT molecular complexity index is 1760. The molecule has 10 heteroatoms. The molecular formula is C37H42ClN3O5S. The topological polar surface area (TPSA) is 96.0 Å². The lowest BCUT2D eigenvalue weighted by Gasteiger charge is -2.34. The van der Waals surface area contributed by atoms with Gasteiger partial charge in [0.2, 0.25) is 11.8 Å². The van der Waals surface area contributed by atoms with Gasteiger partial charge in [0.05, 0.1) is 17.7 Å². The lowest BCUT2D eigenvalue weighted by Crippen LogP contribution is -2.53. The Balaban J connectivity index is 1.82. The molecule has 0 saturated carbocycles. The third-order valence-corrected chi connectivity index (χ3v) is 9.91. The molecule has 8 nitrogen and oxygen atoms in total. The lowest BCUT2D eigenvalue weighted by molar-refractivity contribution is -0.140. The fraction of sp³-hybridized carbons (Fsp3) is 0.297. The number of carbonyl (C=O) groups excluding carboxylic acids is 2. The van der Waals surface area contributed by atoms with Crippen LogP contribution < -0.4 is 14.4 Å². The predicted molar refractivity (Wildman–Crippen MR) is 187 cm³/mol. The van der Waals surface area contributed by atoms with Crippen LogP contribution in [0.2, 0.25) is 5.02 Å². The molecule has 248 valence electrons. The Hall–Kier alpha value is -4.34. The highest BCUT2D eigenvalue weighted by molar-refractivity contribution is 7.92. The number of sulfonamides is 1. The van der Waals surface area contributed by atoms with Crippen molar-refractivity contribution in [3.8, 4) is 5.75 Å². The van der Waals surface area contributed by atoms with E-state index in [0.29, 0.717) is 28.6 Å². The summed E-state index contributed by atoms with van der Waals surface area (Å²) in [6, 6.07) is 27.2. The lowest BCUT2D eigenvalue weighted by atomic mass is 10.0. The highest BCUT2D eigenvalue weighted by Gasteiger charge is 2.35. The number of anilines is 1. The zero-order chi connectivity index (χ0) is 34.0. The van der Waals surface area contributed by atoms with Crippen molar-refractivity contribution in [1.29, 1.82) is 0 Å². The normalized spacial score (nSPS) is 11.9. The van der Waals surface area contributed by atoms with Crippen molar-refractivity contribution < 1.29 is 22.7 Å². The molecule has 0 bridgehead atoms. The number of unbranched alkanes of at least 4 members (excludes halogenated alkanes) is 1. The van der Waals surface area contributed by atoms with Gasteiger partial charge in [0.15, 0.2) is 0 Å². The minimum atomic E-state index is -4.22. The number of benzene rings is 4. The Kier molecular flexibility index (Phi) is 12.4. The first-order valence-corrected chi connectivity index (χ1v) is 17.4. The van der Waals surface area contributed by atoms with Crippen molar-refractivity contribution in [2.75, 3.05) is 24.5 Å². The van der Waals surface area contributed by atoms with E-state index in [1.807, 2.05) is 56.3 Å². The summed E-state index contributed by atoms with van der Waals surface area (Å²) in [6.45, 7) is 5.61. The number of methoxy groups -OCH3 is 1. The summed E-state index contributed by atoms with van der Waals surface area (Å²) < 4.78 is 35.1. The highest BCUT2D eigenvalue weighted by atomic mass is 35.5. The maximum Gasteiger partial charge on any atom is 0.264 e. The predicted octanol–water partition coefficient (Wildman–Crippen LogP) is 6.72. The third kappa shape index (κ3) is 9.36. The summed E-state index contributed by atoms with van der Waals surface area (Å²) in [6.07, 6.45) is 1.91. The molecule has 0 aliphatic rings. The van der Waals surface area contributed by atoms with E-state index in [-0.39, 0.29) is 23.8 Å². The summed E-state index contributed by atoms with van der Waals surface area (Å²) in [7, 11) is -2.66. The number of halogens is 1. The molecule has 0 spiro atoms. The van der Waals surface area contributed by atoms with Gasteiger partial charge in [0, 0.05) is 24.5 Å². The van der Waals surface area contributed by atoms with Gasteiger partial charge in [-0.25, -0.2) is 8.42 Å². The molecule has 4 aromatic carbocycles. The molecule has 47 heavy (non-hydrogen) atoms. The van der Waals surface area contributed by atoms with Gasteiger partial charge in [0.1, 0.15) is 18.3 Å². The largest absolute Gasteiger partial charge is 0.497 e. The quantitative estimate of drug-likeness (QED) is 0.141. The molecular weight excluding hydrogens is 634 g/mol. The van der Waals surface area contributed by atoms with Crippen molar-refractivity contribution in [3.63, 3.8) is 0 Å². The first-order chi connectivity index (χ1) is 22.5. The SMILES string of the molecule is CCCCNC(=O)[C@H](Cc1ccccc1)N(Cc1cccc(OC)c1)C(=O)CN(c1ccc(Cl)cc1C)S(=O)(=O)c1ccc(C)cc1. The number of hydrogen-bond acceptors (Lipinski definition) is 5. The van der Waals surface area contributed by atoms with Crippen molar-refractivity contribution in [2.24, 2.45) is 0 Å². The molecule has 0 aromatic heterocycles. The fourth-order valence-corrected chi connectivity index (χ4v) is 6.98. The van der Waals surface area contributed by atoms with E-state index >= 15 is 0 Å². The molecule has 0 heterocycles. The second-order valence-corrected chi connectivity index (χ2v) is 13.8. The van der Waals surface area contributed by atoms with Gasteiger partial charge in [-0.1, -0.05) is 85.1 Å². The van der Waals surface area contributed by atoms with Gasteiger partial charge in [0.25, 0.3) is 10.0 Å². The van der Waals surface area contributed by atoms with Crippen molar-refractivity contribution in [1.82, 2.24) is 10.2 Å². The molecule has 1 N–H and O–H groups in total. The van der Waals surface area contributed by atoms with Gasteiger partial charge in [-0.3, -0.25) is 13.9 Å². The van der Waals surface area contributed by atoms with E-state index in [9.17, 15) is 18.0 Å². The molecule has 4 rings (SSSR count). The minimum Gasteiger partial charge on any atom is -0.497 e. The summed E-state index contributed by atoms with van der Waals surface area (Å²) in [4.78, 5) is 30.1. The second-order valence-electron chi connectivity index (χ2n) is 11.5. The van der Waals surface area contributed by atoms with Crippen LogP contribution in [0, 0.1) is 13.8 Å². The number of amides is 2. The van der Waals surface area contributed by atoms with Crippen LogP contribution in [0.4, 0.5) is 5.69 Å². The van der Waals surface area contributed by atoms with E-state index in [0.717, 1.165) is 33.8 Å². The number of nitrogens with one attached hydrogen (secondary N) is 1. The second kappa shape index (κ2) is 16.5. The van der Waals surface area contributed by atoms with Gasteiger partial charge >= 0.3 is 0 Å². The van der Waals surface area contributed by atoms with Crippen LogP contribution in [0.1, 0.15) is 42.0 Å².